The number of hydrogen-bond donors (Lipinski definition) is 1. The van der Waals surface area contributed by atoms with Crippen molar-refractivity contribution in [2.75, 3.05) is 0 Å². The number of Topliss-reactive ketones (excluding diaryl/α,β-unsaturated/α-hetero) is 1. The summed E-state index contributed by atoms with van der Waals surface area (Å²) in [6.45, 7) is 6.24. The second kappa shape index (κ2) is 5.46. The van der Waals surface area contributed by atoms with Crippen molar-refractivity contribution in [1.82, 2.24) is 0 Å². The molecule has 1 unspecified atom stereocenters. The lowest BCUT2D eigenvalue weighted by molar-refractivity contribution is 0.0953. The molecule has 0 radical (unpaired) electrons. The Morgan fingerprint density at radius 2 is 2.05 bits per heavy atom. The van der Waals surface area contributed by atoms with Gasteiger partial charge in [0.1, 0.15) is 0 Å². The maximum Gasteiger partial charge on any atom is 0.164 e. The molecule has 104 valence electrons. The van der Waals surface area contributed by atoms with Crippen LogP contribution in [0.4, 0.5) is 0 Å². The Morgan fingerprint density at radius 3 is 2.58 bits per heavy atom. The number of rotatable bonds is 4. The largest absolute Gasteiger partial charge is 0.327 e. The molecule has 1 aliphatic rings. The minimum Gasteiger partial charge on any atom is -0.327 e. The highest BCUT2D eigenvalue weighted by Crippen LogP contribution is 2.36. The number of ketones is 1. The van der Waals surface area contributed by atoms with Crippen molar-refractivity contribution in [3.8, 4) is 0 Å². The summed E-state index contributed by atoms with van der Waals surface area (Å²) >= 11 is 0. The maximum atomic E-state index is 12.3. The SMILES string of the molecule is CC(C)(C)C(N)CC(=O)c1cccc(C2CCC2)c1. The third-order valence-corrected chi connectivity index (χ3v) is 4.30. The van der Waals surface area contributed by atoms with E-state index in [2.05, 4.69) is 32.9 Å². The fourth-order valence-corrected chi connectivity index (χ4v) is 2.33. The summed E-state index contributed by atoms with van der Waals surface area (Å²) in [5.74, 6) is 0.840. The van der Waals surface area contributed by atoms with Gasteiger partial charge in [0.15, 0.2) is 5.78 Å². The highest BCUT2D eigenvalue weighted by molar-refractivity contribution is 5.96. The van der Waals surface area contributed by atoms with E-state index in [4.69, 9.17) is 5.73 Å². The van der Waals surface area contributed by atoms with Crippen LogP contribution in [-0.4, -0.2) is 11.8 Å². The number of carbonyl (C=O) groups excluding carboxylic acids is 1. The van der Waals surface area contributed by atoms with Crippen molar-refractivity contribution >= 4 is 5.78 Å². The molecule has 2 N–H and O–H groups in total. The molecule has 0 aliphatic heterocycles. The molecule has 1 atom stereocenters. The topological polar surface area (TPSA) is 43.1 Å². The van der Waals surface area contributed by atoms with Crippen LogP contribution in [0.5, 0.6) is 0 Å². The van der Waals surface area contributed by atoms with Gasteiger partial charge in [-0.15, -0.1) is 0 Å². The van der Waals surface area contributed by atoms with Gasteiger partial charge in [-0.1, -0.05) is 45.4 Å². The van der Waals surface area contributed by atoms with Crippen LogP contribution in [0.1, 0.15) is 68.3 Å². The van der Waals surface area contributed by atoms with E-state index in [1.807, 2.05) is 12.1 Å². The predicted molar refractivity (Wildman–Crippen MR) is 79.4 cm³/mol. The molecule has 1 aliphatic carbocycles. The lowest BCUT2D eigenvalue weighted by atomic mass is 9.79. The Balaban J connectivity index is 2.06. The number of benzene rings is 1. The van der Waals surface area contributed by atoms with Gasteiger partial charge in [-0.2, -0.15) is 0 Å². The fourth-order valence-electron chi connectivity index (χ4n) is 2.33. The van der Waals surface area contributed by atoms with E-state index in [9.17, 15) is 4.79 Å². The van der Waals surface area contributed by atoms with E-state index in [0.717, 1.165) is 5.56 Å². The van der Waals surface area contributed by atoms with Crippen molar-refractivity contribution in [3.05, 3.63) is 35.4 Å². The smallest absolute Gasteiger partial charge is 0.164 e. The quantitative estimate of drug-likeness (QED) is 0.833. The zero-order chi connectivity index (χ0) is 14.0. The summed E-state index contributed by atoms with van der Waals surface area (Å²) in [5, 5.41) is 0. The lowest BCUT2D eigenvalue weighted by Gasteiger charge is -2.27. The number of carbonyl (C=O) groups is 1. The van der Waals surface area contributed by atoms with Gasteiger partial charge in [0.25, 0.3) is 0 Å². The lowest BCUT2D eigenvalue weighted by Crippen LogP contribution is -2.37. The first kappa shape index (κ1) is 14.3. The van der Waals surface area contributed by atoms with Gasteiger partial charge in [-0.3, -0.25) is 4.79 Å². The average Bonchev–Trinajstić information content (AvgIpc) is 2.25. The van der Waals surface area contributed by atoms with E-state index >= 15 is 0 Å². The molecule has 19 heavy (non-hydrogen) atoms. The predicted octanol–water partition coefficient (Wildman–Crippen LogP) is 3.90. The zero-order valence-corrected chi connectivity index (χ0v) is 12.3. The maximum absolute atomic E-state index is 12.3. The van der Waals surface area contributed by atoms with E-state index in [0.29, 0.717) is 12.3 Å². The first-order valence-electron chi connectivity index (χ1n) is 7.26. The Morgan fingerprint density at radius 1 is 1.37 bits per heavy atom. The van der Waals surface area contributed by atoms with Crippen molar-refractivity contribution in [1.29, 1.82) is 0 Å². The first-order valence-corrected chi connectivity index (χ1v) is 7.26. The Hall–Kier alpha value is -1.15. The highest BCUT2D eigenvalue weighted by Gasteiger charge is 2.24. The van der Waals surface area contributed by atoms with Crippen molar-refractivity contribution in [2.24, 2.45) is 11.1 Å². The third-order valence-electron chi connectivity index (χ3n) is 4.30. The van der Waals surface area contributed by atoms with E-state index < -0.39 is 0 Å². The molecular formula is C17H25NO. The molecule has 2 heteroatoms. The van der Waals surface area contributed by atoms with Crippen molar-refractivity contribution < 1.29 is 4.79 Å². The van der Waals surface area contributed by atoms with E-state index in [-0.39, 0.29) is 17.2 Å². The molecule has 0 amide bonds. The molecule has 1 fully saturated rings. The average molecular weight is 259 g/mol. The van der Waals surface area contributed by atoms with Crippen LogP contribution in [0.25, 0.3) is 0 Å². The molecule has 1 aromatic carbocycles. The van der Waals surface area contributed by atoms with Crippen LogP contribution in [0.15, 0.2) is 24.3 Å². The van der Waals surface area contributed by atoms with Crippen molar-refractivity contribution in [3.63, 3.8) is 0 Å². The third kappa shape index (κ3) is 3.44. The summed E-state index contributed by atoms with van der Waals surface area (Å²) in [4.78, 5) is 12.3. The number of hydrogen-bond acceptors (Lipinski definition) is 2. The van der Waals surface area contributed by atoms with E-state index in [1.54, 1.807) is 0 Å². The molecule has 0 heterocycles. The van der Waals surface area contributed by atoms with Crippen LogP contribution in [0, 0.1) is 5.41 Å². The summed E-state index contributed by atoms with van der Waals surface area (Å²) in [6.07, 6.45) is 4.27. The van der Waals surface area contributed by atoms with Gasteiger partial charge in [-0.05, 0) is 35.8 Å². The standard InChI is InChI=1S/C17H25NO/c1-17(2,3)16(18)11-15(19)14-9-5-8-13(10-14)12-6-4-7-12/h5,8-10,12,16H,4,6-7,11,18H2,1-3H3. The van der Waals surface area contributed by atoms with Crippen LogP contribution in [0.3, 0.4) is 0 Å². The minimum absolute atomic E-state index is 0.0265. The fraction of sp³-hybridized carbons (Fsp3) is 0.588. The zero-order valence-electron chi connectivity index (χ0n) is 12.3. The Kier molecular flexibility index (Phi) is 4.10. The second-order valence-electron chi connectivity index (χ2n) is 6.85. The molecule has 0 spiro atoms. The minimum atomic E-state index is -0.0904. The molecule has 0 aromatic heterocycles. The molecule has 2 nitrogen and oxygen atoms in total. The Bertz CT molecular complexity index is 455. The molecule has 2 rings (SSSR count). The molecule has 1 saturated carbocycles. The van der Waals surface area contributed by atoms with Crippen LogP contribution >= 0.6 is 0 Å². The second-order valence-corrected chi connectivity index (χ2v) is 6.85. The van der Waals surface area contributed by atoms with E-state index in [1.165, 1.54) is 24.8 Å². The summed E-state index contributed by atoms with van der Waals surface area (Å²) in [6, 6.07) is 8.04. The van der Waals surface area contributed by atoms with Crippen LogP contribution in [-0.2, 0) is 0 Å². The first-order chi connectivity index (χ1) is 8.88. The Labute approximate surface area is 116 Å². The number of nitrogens with two attached hydrogens (primary N) is 1. The van der Waals surface area contributed by atoms with Gasteiger partial charge in [0.05, 0.1) is 0 Å². The normalized spacial score (nSPS) is 17.9. The van der Waals surface area contributed by atoms with Gasteiger partial charge < -0.3 is 5.73 Å². The monoisotopic (exact) mass is 259 g/mol. The molecule has 0 bridgehead atoms. The van der Waals surface area contributed by atoms with Gasteiger partial charge in [0, 0.05) is 18.0 Å². The van der Waals surface area contributed by atoms with Gasteiger partial charge in [0.2, 0.25) is 0 Å². The molecular weight excluding hydrogens is 234 g/mol. The highest BCUT2D eigenvalue weighted by atomic mass is 16.1. The van der Waals surface area contributed by atoms with Crippen LogP contribution in [0.2, 0.25) is 0 Å². The summed E-state index contributed by atoms with van der Waals surface area (Å²) < 4.78 is 0. The van der Waals surface area contributed by atoms with Crippen molar-refractivity contribution in [2.45, 2.75) is 58.4 Å². The summed E-state index contributed by atoms with van der Waals surface area (Å²) in [7, 11) is 0. The van der Waals surface area contributed by atoms with Gasteiger partial charge >= 0.3 is 0 Å². The van der Waals surface area contributed by atoms with Crippen LogP contribution < -0.4 is 5.73 Å². The molecule has 0 saturated heterocycles. The summed E-state index contributed by atoms with van der Waals surface area (Å²) in [5.41, 5.74) is 8.22. The van der Waals surface area contributed by atoms with Gasteiger partial charge in [-0.25, -0.2) is 0 Å². The molecule has 1 aromatic rings.